The number of hydrogen-bond acceptors (Lipinski definition) is 3. The lowest BCUT2D eigenvalue weighted by molar-refractivity contribution is -0.149. The number of hydrogen-bond donors (Lipinski definition) is 1. The predicted octanol–water partition coefficient (Wildman–Crippen LogP) is 5.06. The number of imidazole rings is 1. The molecule has 0 spiro atoms. The number of benzene rings is 1. The van der Waals surface area contributed by atoms with Gasteiger partial charge in [-0.3, -0.25) is 9.59 Å². The normalized spacial score (nSPS) is 30.8. The van der Waals surface area contributed by atoms with Crippen LogP contribution in [0.5, 0.6) is 0 Å². The lowest BCUT2D eigenvalue weighted by Gasteiger charge is -2.51. The molecule has 168 valence electrons. The molecule has 1 N–H and O–H groups in total. The second-order valence-corrected chi connectivity index (χ2v) is 10.8. The molecule has 7 rings (SSSR count). The SMILES string of the molecule is O=C(CC1c2ccccc2-c2cncn21)C12CCC(C(=O)NCC3CCCC3)(CC1)CC2. The Kier molecular flexibility index (Phi) is 4.78. The zero-order valence-electron chi connectivity index (χ0n) is 18.8. The van der Waals surface area contributed by atoms with Crippen molar-refractivity contribution in [3.63, 3.8) is 0 Å². The fraction of sp³-hybridized carbons (Fsp3) is 0.593. The highest BCUT2D eigenvalue weighted by Gasteiger charge is 2.55. The minimum atomic E-state index is -0.230. The maximum Gasteiger partial charge on any atom is 0.226 e. The van der Waals surface area contributed by atoms with Crippen molar-refractivity contribution in [2.75, 3.05) is 6.54 Å². The second-order valence-electron chi connectivity index (χ2n) is 10.8. The van der Waals surface area contributed by atoms with Crippen LogP contribution in [0.25, 0.3) is 11.3 Å². The number of rotatable bonds is 6. The fourth-order valence-electron chi connectivity index (χ4n) is 7.12. The van der Waals surface area contributed by atoms with Gasteiger partial charge >= 0.3 is 0 Å². The summed E-state index contributed by atoms with van der Waals surface area (Å²) < 4.78 is 2.17. The molecule has 1 aliphatic heterocycles. The van der Waals surface area contributed by atoms with Gasteiger partial charge in [0.1, 0.15) is 5.78 Å². The first-order valence-corrected chi connectivity index (χ1v) is 12.5. The summed E-state index contributed by atoms with van der Waals surface area (Å²) in [5, 5.41) is 3.30. The summed E-state index contributed by atoms with van der Waals surface area (Å²) in [7, 11) is 0. The minimum Gasteiger partial charge on any atom is -0.355 e. The van der Waals surface area contributed by atoms with Crippen LogP contribution >= 0.6 is 0 Å². The third kappa shape index (κ3) is 3.07. The molecule has 4 saturated carbocycles. The topological polar surface area (TPSA) is 64.0 Å². The molecule has 2 bridgehead atoms. The molecule has 1 atom stereocenters. The molecule has 1 amide bonds. The van der Waals surface area contributed by atoms with E-state index in [0.717, 1.165) is 50.8 Å². The van der Waals surface area contributed by atoms with Crippen LogP contribution in [0.4, 0.5) is 0 Å². The van der Waals surface area contributed by atoms with Crippen LogP contribution in [0.15, 0.2) is 36.8 Å². The molecule has 1 unspecified atom stereocenters. The zero-order chi connectivity index (χ0) is 21.8. The average molecular weight is 432 g/mol. The molecule has 5 heteroatoms. The summed E-state index contributed by atoms with van der Waals surface area (Å²) in [5.41, 5.74) is 3.10. The van der Waals surface area contributed by atoms with Gasteiger partial charge in [0.2, 0.25) is 5.91 Å². The predicted molar refractivity (Wildman–Crippen MR) is 123 cm³/mol. The quantitative estimate of drug-likeness (QED) is 0.695. The molecule has 4 aliphatic carbocycles. The molecule has 0 radical (unpaired) electrons. The number of ketones is 1. The van der Waals surface area contributed by atoms with Crippen molar-refractivity contribution in [2.24, 2.45) is 16.7 Å². The van der Waals surface area contributed by atoms with E-state index in [1.807, 2.05) is 12.5 Å². The highest BCUT2D eigenvalue weighted by molar-refractivity contribution is 5.89. The van der Waals surface area contributed by atoms with Gasteiger partial charge in [0.15, 0.2) is 0 Å². The van der Waals surface area contributed by atoms with Gasteiger partial charge in [0, 0.05) is 29.4 Å². The molecule has 2 aromatic rings. The number of carbonyl (C=O) groups excluding carboxylic acids is 2. The van der Waals surface area contributed by atoms with Crippen LogP contribution in [-0.2, 0) is 9.59 Å². The summed E-state index contributed by atoms with van der Waals surface area (Å²) in [6.07, 6.45) is 14.6. The van der Waals surface area contributed by atoms with Crippen LogP contribution < -0.4 is 5.32 Å². The van der Waals surface area contributed by atoms with E-state index in [1.54, 1.807) is 0 Å². The Bertz CT molecular complexity index is 1020. The summed E-state index contributed by atoms with van der Waals surface area (Å²) in [6, 6.07) is 8.45. The van der Waals surface area contributed by atoms with Crippen LogP contribution in [-0.4, -0.2) is 27.8 Å². The van der Waals surface area contributed by atoms with E-state index >= 15 is 0 Å². The van der Waals surface area contributed by atoms with E-state index in [4.69, 9.17) is 0 Å². The fourth-order valence-corrected chi connectivity index (χ4v) is 7.12. The Balaban J connectivity index is 1.13. The van der Waals surface area contributed by atoms with E-state index < -0.39 is 0 Å². The number of fused-ring (bicyclic) bond motifs is 6. The molecule has 5 nitrogen and oxygen atoms in total. The monoisotopic (exact) mass is 431 g/mol. The van der Waals surface area contributed by atoms with Gasteiger partial charge in [-0.15, -0.1) is 0 Å². The Hall–Kier alpha value is -2.43. The van der Waals surface area contributed by atoms with Crippen molar-refractivity contribution >= 4 is 11.7 Å². The van der Waals surface area contributed by atoms with Crippen molar-refractivity contribution in [1.82, 2.24) is 14.9 Å². The van der Waals surface area contributed by atoms with E-state index in [1.165, 1.54) is 36.8 Å². The summed E-state index contributed by atoms with van der Waals surface area (Å²) in [4.78, 5) is 31.2. The van der Waals surface area contributed by atoms with Crippen molar-refractivity contribution in [2.45, 2.75) is 76.7 Å². The smallest absolute Gasteiger partial charge is 0.226 e. The first kappa shape index (κ1) is 20.2. The van der Waals surface area contributed by atoms with E-state index in [0.29, 0.717) is 18.1 Å². The van der Waals surface area contributed by atoms with Crippen LogP contribution in [0, 0.1) is 16.7 Å². The van der Waals surface area contributed by atoms with E-state index in [2.05, 4.69) is 39.1 Å². The van der Waals surface area contributed by atoms with Gasteiger partial charge in [-0.25, -0.2) is 4.98 Å². The third-order valence-corrected chi connectivity index (χ3v) is 9.32. The lowest BCUT2D eigenvalue weighted by Crippen LogP contribution is -2.53. The number of Topliss-reactive ketones (excluding diaryl/α,β-unsaturated/α-hetero) is 1. The zero-order valence-corrected chi connectivity index (χ0v) is 18.8. The maximum atomic E-state index is 13.7. The Labute approximate surface area is 190 Å². The number of aromatic nitrogens is 2. The first-order valence-electron chi connectivity index (χ1n) is 12.5. The van der Waals surface area contributed by atoms with Crippen LogP contribution in [0.2, 0.25) is 0 Å². The summed E-state index contributed by atoms with van der Waals surface area (Å²) >= 11 is 0. The first-order chi connectivity index (χ1) is 15.6. The highest BCUT2D eigenvalue weighted by atomic mass is 16.2. The average Bonchev–Trinajstić information content (AvgIpc) is 3.58. The van der Waals surface area contributed by atoms with Crippen molar-refractivity contribution < 1.29 is 9.59 Å². The molecule has 1 aromatic carbocycles. The molecule has 1 aromatic heterocycles. The highest BCUT2D eigenvalue weighted by Crippen LogP contribution is 2.58. The van der Waals surface area contributed by atoms with Crippen molar-refractivity contribution in [1.29, 1.82) is 0 Å². The number of amides is 1. The number of carbonyl (C=O) groups is 2. The van der Waals surface area contributed by atoms with Crippen molar-refractivity contribution in [3.05, 3.63) is 42.4 Å². The largest absolute Gasteiger partial charge is 0.355 e. The maximum absolute atomic E-state index is 13.7. The van der Waals surface area contributed by atoms with Crippen LogP contribution in [0.1, 0.15) is 82.2 Å². The summed E-state index contributed by atoms with van der Waals surface area (Å²) in [5.74, 6) is 1.32. The molecule has 5 aliphatic rings. The van der Waals surface area contributed by atoms with E-state index in [9.17, 15) is 9.59 Å². The Morgan fingerprint density at radius 3 is 2.44 bits per heavy atom. The van der Waals surface area contributed by atoms with Gasteiger partial charge in [-0.05, 0) is 62.8 Å². The van der Waals surface area contributed by atoms with Gasteiger partial charge < -0.3 is 9.88 Å². The molecule has 32 heavy (non-hydrogen) atoms. The van der Waals surface area contributed by atoms with Gasteiger partial charge in [0.05, 0.1) is 24.3 Å². The van der Waals surface area contributed by atoms with Crippen molar-refractivity contribution in [3.8, 4) is 11.3 Å². The molecular weight excluding hydrogens is 398 g/mol. The third-order valence-electron chi connectivity index (χ3n) is 9.32. The standard InChI is InChI=1S/C27H33N3O2/c31-24(15-22-20-7-3-4-8-21(20)23-17-28-18-30(22)23)26-9-12-27(13-10-26,14-11-26)25(32)29-16-19-5-1-2-6-19/h3-4,7-8,17-19,22H,1-2,5-6,9-16H2,(H,29,32). The number of nitrogens with zero attached hydrogens (tertiary/aromatic N) is 2. The minimum absolute atomic E-state index is 0.0499. The molecular formula is C27H33N3O2. The van der Waals surface area contributed by atoms with Gasteiger partial charge in [0.25, 0.3) is 0 Å². The van der Waals surface area contributed by atoms with E-state index in [-0.39, 0.29) is 22.8 Å². The van der Waals surface area contributed by atoms with Crippen LogP contribution in [0.3, 0.4) is 0 Å². The summed E-state index contributed by atoms with van der Waals surface area (Å²) in [6.45, 7) is 0.846. The lowest BCUT2D eigenvalue weighted by atomic mass is 9.51. The molecule has 4 fully saturated rings. The van der Waals surface area contributed by atoms with Gasteiger partial charge in [-0.2, -0.15) is 0 Å². The molecule has 2 heterocycles. The van der Waals surface area contributed by atoms with Gasteiger partial charge in [-0.1, -0.05) is 37.1 Å². The second kappa shape index (κ2) is 7.57. The Morgan fingerprint density at radius 1 is 1.00 bits per heavy atom. The molecule has 0 saturated heterocycles. The number of nitrogens with one attached hydrogen (secondary N) is 1. The Morgan fingerprint density at radius 2 is 1.69 bits per heavy atom.